The van der Waals surface area contributed by atoms with Crippen LogP contribution in [0.4, 0.5) is 0 Å². The van der Waals surface area contributed by atoms with E-state index < -0.39 is 0 Å². The van der Waals surface area contributed by atoms with Crippen molar-refractivity contribution < 1.29 is 19.1 Å². The van der Waals surface area contributed by atoms with E-state index in [1.165, 1.54) is 25.3 Å². The van der Waals surface area contributed by atoms with Gasteiger partial charge in [-0.25, -0.2) is 0 Å². The monoisotopic (exact) mass is 285 g/mol. The second-order valence-corrected chi connectivity index (χ2v) is 4.53. The molecule has 0 atom stereocenters. The number of esters is 2. The van der Waals surface area contributed by atoms with E-state index in [4.69, 9.17) is 9.47 Å². The molecule has 0 amide bonds. The fraction of sp³-hybridized carbons (Fsp3) is 0.733. The molecule has 0 saturated heterocycles. The first-order valence-corrected chi connectivity index (χ1v) is 7.33. The van der Waals surface area contributed by atoms with Gasteiger partial charge in [0.25, 0.3) is 0 Å². The maximum atomic E-state index is 11.4. The largest absolute Gasteiger partial charge is 0.464 e. The van der Waals surface area contributed by atoms with Crippen LogP contribution in [0.1, 0.15) is 45.4 Å². The Bertz CT molecular complexity index is 279. The lowest BCUT2D eigenvalue weighted by Gasteiger charge is -2.06. The van der Waals surface area contributed by atoms with Crippen LogP contribution >= 0.6 is 0 Å². The highest BCUT2D eigenvalue weighted by atomic mass is 16.5. The molecule has 1 N–H and O–H groups in total. The molecule has 0 aliphatic carbocycles. The quantitative estimate of drug-likeness (QED) is 0.319. The predicted molar refractivity (Wildman–Crippen MR) is 78.4 cm³/mol. The summed E-state index contributed by atoms with van der Waals surface area (Å²) in [5.41, 5.74) is 0. The Balaban J connectivity index is 3.30. The maximum absolute atomic E-state index is 11.4. The summed E-state index contributed by atoms with van der Waals surface area (Å²) >= 11 is 0. The molecule has 116 valence electrons. The van der Waals surface area contributed by atoms with Crippen molar-refractivity contribution in [2.24, 2.45) is 0 Å². The minimum Gasteiger partial charge on any atom is -0.464 e. The third kappa shape index (κ3) is 13.1. The standard InChI is InChI=1S/C15H27NO4/c1-3-5-6-7-8-9-14(17)20-12-10-16-13-15(18)19-11-4-2/h4,16H,2-3,5-13H2,1H3. The number of hydrogen-bond donors (Lipinski definition) is 1. The van der Waals surface area contributed by atoms with Crippen molar-refractivity contribution in [1.29, 1.82) is 0 Å². The van der Waals surface area contributed by atoms with Crippen molar-refractivity contribution in [3.8, 4) is 0 Å². The first-order chi connectivity index (χ1) is 9.70. The first-order valence-electron chi connectivity index (χ1n) is 7.33. The lowest BCUT2D eigenvalue weighted by Crippen LogP contribution is -2.28. The molecule has 0 aromatic rings. The van der Waals surface area contributed by atoms with Crippen LogP contribution in [0.2, 0.25) is 0 Å². The summed E-state index contributed by atoms with van der Waals surface area (Å²) in [6.07, 6.45) is 7.56. The van der Waals surface area contributed by atoms with Crippen molar-refractivity contribution in [3.05, 3.63) is 12.7 Å². The van der Waals surface area contributed by atoms with Gasteiger partial charge in [-0.2, -0.15) is 0 Å². The number of rotatable bonds is 13. The molecule has 0 heterocycles. The van der Waals surface area contributed by atoms with Gasteiger partial charge >= 0.3 is 11.9 Å². The smallest absolute Gasteiger partial charge is 0.320 e. The molecular formula is C15H27NO4. The van der Waals surface area contributed by atoms with E-state index in [0.29, 0.717) is 13.0 Å². The predicted octanol–water partition coefficient (Wildman–Crippen LogP) is 2.21. The first kappa shape index (κ1) is 18.6. The van der Waals surface area contributed by atoms with Crippen LogP contribution in [0.15, 0.2) is 12.7 Å². The van der Waals surface area contributed by atoms with Crippen LogP contribution in [0, 0.1) is 0 Å². The Labute approximate surface area is 121 Å². The minimum absolute atomic E-state index is 0.114. The van der Waals surface area contributed by atoms with Gasteiger partial charge in [0.2, 0.25) is 0 Å². The summed E-state index contributed by atoms with van der Waals surface area (Å²) in [5.74, 6) is -0.510. The maximum Gasteiger partial charge on any atom is 0.320 e. The van der Waals surface area contributed by atoms with Crippen LogP contribution in [-0.4, -0.2) is 38.2 Å². The summed E-state index contributed by atoms with van der Waals surface area (Å²) in [7, 11) is 0. The second-order valence-electron chi connectivity index (χ2n) is 4.53. The van der Waals surface area contributed by atoms with Crippen molar-refractivity contribution in [2.45, 2.75) is 45.4 Å². The molecule has 0 unspecified atom stereocenters. The molecular weight excluding hydrogens is 258 g/mol. The molecule has 20 heavy (non-hydrogen) atoms. The van der Waals surface area contributed by atoms with Crippen molar-refractivity contribution in [3.63, 3.8) is 0 Å². The summed E-state index contributed by atoms with van der Waals surface area (Å²) in [4.78, 5) is 22.4. The average molecular weight is 285 g/mol. The van der Waals surface area contributed by atoms with E-state index in [9.17, 15) is 9.59 Å². The zero-order chi connectivity index (χ0) is 15.1. The van der Waals surface area contributed by atoms with E-state index in [0.717, 1.165) is 12.8 Å². The van der Waals surface area contributed by atoms with Crippen LogP contribution < -0.4 is 5.32 Å². The summed E-state index contributed by atoms with van der Waals surface area (Å²) in [6.45, 7) is 6.67. The van der Waals surface area contributed by atoms with E-state index >= 15 is 0 Å². The second kappa shape index (κ2) is 14.1. The average Bonchev–Trinajstić information content (AvgIpc) is 2.44. The van der Waals surface area contributed by atoms with Gasteiger partial charge in [-0.1, -0.05) is 45.3 Å². The van der Waals surface area contributed by atoms with Gasteiger partial charge in [-0.15, -0.1) is 0 Å². The molecule has 0 spiro atoms. The number of nitrogens with one attached hydrogen (secondary N) is 1. The van der Waals surface area contributed by atoms with Gasteiger partial charge in [0.1, 0.15) is 13.2 Å². The molecule has 0 aromatic heterocycles. The van der Waals surface area contributed by atoms with Crippen LogP contribution in [-0.2, 0) is 19.1 Å². The zero-order valence-corrected chi connectivity index (χ0v) is 12.5. The highest BCUT2D eigenvalue weighted by molar-refractivity contribution is 5.71. The SMILES string of the molecule is C=CCOC(=O)CNCCOC(=O)CCCCCCC. The lowest BCUT2D eigenvalue weighted by atomic mass is 10.1. The molecule has 0 bridgehead atoms. The third-order valence-electron chi connectivity index (χ3n) is 2.66. The number of ether oxygens (including phenoxy) is 2. The van der Waals surface area contributed by atoms with E-state index in [1.54, 1.807) is 0 Å². The molecule has 0 aliphatic heterocycles. The third-order valence-corrected chi connectivity index (χ3v) is 2.66. The Hall–Kier alpha value is -1.36. The summed E-state index contributed by atoms with van der Waals surface area (Å²) in [5, 5.41) is 2.85. The number of carbonyl (C=O) groups is 2. The van der Waals surface area contributed by atoms with Crippen LogP contribution in [0.3, 0.4) is 0 Å². The summed E-state index contributed by atoms with van der Waals surface area (Å²) in [6, 6.07) is 0. The van der Waals surface area contributed by atoms with Gasteiger partial charge < -0.3 is 14.8 Å². The molecule has 0 saturated carbocycles. The zero-order valence-electron chi connectivity index (χ0n) is 12.5. The minimum atomic E-state index is -0.341. The molecule has 0 aliphatic rings. The molecule has 0 aromatic carbocycles. The van der Waals surface area contributed by atoms with Crippen molar-refractivity contribution in [1.82, 2.24) is 5.32 Å². The molecule has 0 radical (unpaired) electrons. The molecule has 5 heteroatoms. The van der Waals surface area contributed by atoms with E-state index in [1.807, 2.05) is 0 Å². The van der Waals surface area contributed by atoms with Gasteiger partial charge in [0.05, 0.1) is 6.54 Å². The van der Waals surface area contributed by atoms with Gasteiger partial charge in [-0.3, -0.25) is 9.59 Å². The summed E-state index contributed by atoms with van der Waals surface area (Å²) < 4.78 is 9.82. The Morgan fingerprint density at radius 1 is 1.10 bits per heavy atom. The van der Waals surface area contributed by atoms with E-state index in [-0.39, 0.29) is 31.7 Å². The highest BCUT2D eigenvalue weighted by Crippen LogP contribution is 2.05. The Morgan fingerprint density at radius 2 is 1.85 bits per heavy atom. The molecule has 0 fully saturated rings. The van der Waals surface area contributed by atoms with E-state index in [2.05, 4.69) is 18.8 Å². The highest BCUT2D eigenvalue weighted by Gasteiger charge is 2.03. The fourth-order valence-corrected chi connectivity index (χ4v) is 1.58. The number of hydrogen-bond acceptors (Lipinski definition) is 5. The van der Waals surface area contributed by atoms with Crippen LogP contribution in [0.5, 0.6) is 0 Å². The lowest BCUT2D eigenvalue weighted by molar-refractivity contribution is -0.143. The van der Waals surface area contributed by atoms with Crippen molar-refractivity contribution in [2.75, 3.05) is 26.3 Å². The molecule has 0 rings (SSSR count). The molecule has 5 nitrogen and oxygen atoms in total. The normalized spacial score (nSPS) is 10.1. The van der Waals surface area contributed by atoms with Gasteiger partial charge in [0.15, 0.2) is 0 Å². The van der Waals surface area contributed by atoms with Gasteiger partial charge in [0, 0.05) is 13.0 Å². The van der Waals surface area contributed by atoms with Crippen molar-refractivity contribution >= 4 is 11.9 Å². The fourth-order valence-electron chi connectivity index (χ4n) is 1.58. The Kier molecular flexibility index (Phi) is 13.1. The number of unbranched alkanes of at least 4 members (excludes halogenated alkanes) is 4. The van der Waals surface area contributed by atoms with Gasteiger partial charge in [-0.05, 0) is 6.42 Å². The topological polar surface area (TPSA) is 64.6 Å². The number of carbonyl (C=O) groups excluding carboxylic acids is 2. The Morgan fingerprint density at radius 3 is 2.55 bits per heavy atom. The van der Waals surface area contributed by atoms with Crippen LogP contribution in [0.25, 0.3) is 0 Å².